The van der Waals surface area contributed by atoms with Gasteiger partial charge in [-0.25, -0.2) is 0 Å². The molecule has 2 N–H and O–H groups in total. The Balaban J connectivity index is 2.13. The molecule has 0 radical (unpaired) electrons. The fraction of sp³-hybridized carbons (Fsp3) is 0.500. The molecule has 4 nitrogen and oxygen atoms in total. The summed E-state index contributed by atoms with van der Waals surface area (Å²) in [7, 11) is 1.67. The molecule has 76 valence electrons. The van der Waals surface area contributed by atoms with E-state index in [2.05, 4.69) is 15.6 Å². The lowest BCUT2D eigenvalue weighted by Crippen LogP contribution is -2.42. The fourth-order valence-electron chi connectivity index (χ4n) is 1.61. The van der Waals surface area contributed by atoms with E-state index in [1.807, 2.05) is 12.1 Å². The van der Waals surface area contributed by atoms with Crippen LogP contribution in [0.2, 0.25) is 0 Å². The van der Waals surface area contributed by atoms with E-state index in [0.29, 0.717) is 6.04 Å². The Labute approximate surface area is 83.7 Å². The smallest absolute Gasteiger partial charge is 0.122 e. The zero-order valence-electron chi connectivity index (χ0n) is 8.29. The second-order valence-electron chi connectivity index (χ2n) is 3.33. The average molecular weight is 193 g/mol. The molecule has 0 spiro atoms. The molecule has 1 aromatic heterocycles. The summed E-state index contributed by atoms with van der Waals surface area (Å²) in [6, 6.07) is 4.14. The normalized spacial score (nSPS) is 21.9. The summed E-state index contributed by atoms with van der Waals surface area (Å²) >= 11 is 0. The van der Waals surface area contributed by atoms with E-state index in [1.165, 1.54) is 0 Å². The molecule has 2 rings (SSSR count). The van der Waals surface area contributed by atoms with Crippen LogP contribution in [0.4, 0.5) is 0 Å². The summed E-state index contributed by atoms with van der Waals surface area (Å²) < 4.78 is 5.16. The van der Waals surface area contributed by atoms with Crippen LogP contribution in [0.25, 0.3) is 0 Å². The molecule has 1 aliphatic heterocycles. The van der Waals surface area contributed by atoms with E-state index in [0.717, 1.165) is 31.1 Å². The molecule has 2 heterocycles. The van der Waals surface area contributed by atoms with Gasteiger partial charge >= 0.3 is 0 Å². The standard InChI is InChI=1S/C10H15N3O/c1-14-8-2-3-12-9(6-8)10-7-11-4-5-13-10/h2-3,6,10-11,13H,4-5,7H2,1H3/t10-/m1/s1. The van der Waals surface area contributed by atoms with E-state index in [-0.39, 0.29) is 0 Å². The van der Waals surface area contributed by atoms with Gasteiger partial charge in [-0.3, -0.25) is 4.98 Å². The van der Waals surface area contributed by atoms with Crippen molar-refractivity contribution in [2.24, 2.45) is 0 Å². The van der Waals surface area contributed by atoms with E-state index in [1.54, 1.807) is 13.3 Å². The monoisotopic (exact) mass is 193 g/mol. The lowest BCUT2D eigenvalue weighted by Gasteiger charge is -2.24. The summed E-state index contributed by atoms with van der Waals surface area (Å²) in [5.41, 5.74) is 1.04. The van der Waals surface area contributed by atoms with Crippen LogP contribution >= 0.6 is 0 Å². The highest BCUT2D eigenvalue weighted by Crippen LogP contribution is 2.16. The van der Waals surface area contributed by atoms with Gasteiger partial charge in [0.05, 0.1) is 18.8 Å². The van der Waals surface area contributed by atoms with Crippen LogP contribution in [0.15, 0.2) is 18.3 Å². The third-order valence-electron chi connectivity index (χ3n) is 2.39. The molecule has 0 bridgehead atoms. The van der Waals surface area contributed by atoms with Crippen LogP contribution < -0.4 is 15.4 Å². The van der Waals surface area contributed by atoms with Crippen molar-refractivity contribution in [1.82, 2.24) is 15.6 Å². The number of nitrogens with zero attached hydrogens (tertiary/aromatic N) is 1. The Bertz CT molecular complexity index is 297. The van der Waals surface area contributed by atoms with Crippen LogP contribution in [0.1, 0.15) is 11.7 Å². The van der Waals surface area contributed by atoms with E-state index >= 15 is 0 Å². The predicted octanol–water partition coefficient (Wildman–Crippen LogP) is 0.324. The minimum absolute atomic E-state index is 0.304. The first-order chi connectivity index (χ1) is 6.90. The van der Waals surface area contributed by atoms with Gasteiger partial charge in [0, 0.05) is 31.9 Å². The maximum Gasteiger partial charge on any atom is 0.122 e. The van der Waals surface area contributed by atoms with Gasteiger partial charge in [0.15, 0.2) is 0 Å². The maximum atomic E-state index is 5.16. The molecule has 0 saturated carbocycles. The summed E-state index contributed by atoms with van der Waals surface area (Å²) in [5, 5.41) is 6.73. The highest BCUT2D eigenvalue weighted by molar-refractivity contribution is 5.24. The number of ether oxygens (including phenoxy) is 1. The summed E-state index contributed by atoms with van der Waals surface area (Å²) in [6.45, 7) is 2.95. The predicted molar refractivity (Wildman–Crippen MR) is 54.4 cm³/mol. The molecular formula is C10H15N3O. The third kappa shape index (κ3) is 2.02. The number of aromatic nitrogens is 1. The van der Waals surface area contributed by atoms with Crippen LogP contribution in [-0.4, -0.2) is 31.7 Å². The fourth-order valence-corrected chi connectivity index (χ4v) is 1.61. The number of pyridine rings is 1. The zero-order valence-corrected chi connectivity index (χ0v) is 8.29. The molecule has 14 heavy (non-hydrogen) atoms. The van der Waals surface area contributed by atoms with E-state index < -0.39 is 0 Å². The van der Waals surface area contributed by atoms with Gasteiger partial charge in [-0.2, -0.15) is 0 Å². The Morgan fingerprint density at radius 1 is 1.50 bits per heavy atom. The molecule has 4 heteroatoms. The van der Waals surface area contributed by atoms with Crippen molar-refractivity contribution in [2.45, 2.75) is 6.04 Å². The van der Waals surface area contributed by atoms with Crippen molar-refractivity contribution >= 4 is 0 Å². The van der Waals surface area contributed by atoms with E-state index in [9.17, 15) is 0 Å². The third-order valence-corrected chi connectivity index (χ3v) is 2.39. The quantitative estimate of drug-likeness (QED) is 0.710. The first kappa shape index (κ1) is 9.43. The number of hydrogen-bond donors (Lipinski definition) is 2. The van der Waals surface area contributed by atoms with Crippen LogP contribution in [0.5, 0.6) is 5.75 Å². The maximum absolute atomic E-state index is 5.16. The molecule has 1 aliphatic rings. The Kier molecular flexibility index (Phi) is 2.96. The zero-order chi connectivity index (χ0) is 9.80. The molecule has 1 atom stereocenters. The first-order valence-electron chi connectivity index (χ1n) is 4.84. The number of rotatable bonds is 2. The van der Waals surface area contributed by atoms with E-state index in [4.69, 9.17) is 4.74 Å². The summed E-state index contributed by atoms with van der Waals surface area (Å²) in [4.78, 5) is 4.33. The number of methoxy groups -OCH3 is 1. The highest BCUT2D eigenvalue weighted by atomic mass is 16.5. The van der Waals surface area contributed by atoms with Crippen molar-refractivity contribution < 1.29 is 4.74 Å². The van der Waals surface area contributed by atoms with Gasteiger partial charge in [-0.05, 0) is 6.07 Å². The molecule has 0 unspecified atom stereocenters. The average Bonchev–Trinajstić information content (AvgIpc) is 2.30. The van der Waals surface area contributed by atoms with Crippen molar-refractivity contribution in [3.63, 3.8) is 0 Å². The first-order valence-corrected chi connectivity index (χ1v) is 4.84. The molecule has 0 aromatic carbocycles. The van der Waals surface area contributed by atoms with Gasteiger partial charge in [0.2, 0.25) is 0 Å². The van der Waals surface area contributed by atoms with Gasteiger partial charge in [-0.1, -0.05) is 0 Å². The Morgan fingerprint density at radius 2 is 2.43 bits per heavy atom. The molecule has 0 amide bonds. The van der Waals surface area contributed by atoms with Crippen molar-refractivity contribution in [1.29, 1.82) is 0 Å². The van der Waals surface area contributed by atoms with Crippen LogP contribution in [0, 0.1) is 0 Å². The van der Waals surface area contributed by atoms with Gasteiger partial charge in [0.1, 0.15) is 5.75 Å². The minimum Gasteiger partial charge on any atom is -0.497 e. The SMILES string of the molecule is COc1ccnc([C@H]2CNCCN2)c1. The summed E-state index contributed by atoms with van der Waals surface area (Å²) in [6.07, 6.45) is 1.78. The second kappa shape index (κ2) is 4.39. The molecule has 1 saturated heterocycles. The van der Waals surface area contributed by atoms with Crippen molar-refractivity contribution in [3.8, 4) is 5.75 Å². The Hall–Kier alpha value is -1.13. The molecular weight excluding hydrogens is 178 g/mol. The number of hydrogen-bond acceptors (Lipinski definition) is 4. The highest BCUT2D eigenvalue weighted by Gasteiger charge is 2.15. The second-order valence-corrected chi connectivity index (χ2v) is 3.33. The van der Waals surface area contributed by atoms with Gasteiger partial charge in [-0.15, -0.1) is 0 Å². The molecule has 1 aromatic rings. The van der Waals surface area contributed by atoms with Gasteiger partial charge in [0.25, 0.3) is 0 Å². The molecule has 0 aliphatic carbocycles. The topological polar surface area (TPSA) is 46.2 Å². The number of piperazine rings is 1. The van der Waals surface area contributed by atoms with Crippen molar-refractivity contribution in [2.75, 3.05) is 26.7 Å². The largest absolute Gasteiger partial charge is 0.497 e. The lowest BCUT2D eigenvalue weighted by molar-refractivity contribution is 0.403. The molecule has 1 fully saturated rings. The van der Waals surface area contributed by atoms with Gasteiger partial charge < -0.3 is 15.4 Å². The lowest BCUT2D eigenvalue weighted by atomic mass is 10.1. The van der Waals surface area contributed by atoms with Crippen LogP contribution in [-0.2, 0) is 0 Å². The minimum atomic E-state index is 0.304. The van der Waals surface area contributed by atoms with Crippen molar-refractivity contribution in [3.05, 3.63) is 24.0 Å². The van der Waals surface area contributed by atoms with Crippen LogP contribution in [0.3, 0.4) is 0 Å². The Morgan fingerprint density at radius 3 is 3.14 bits per heavy atom. The summed E-state index contributed by atoms with van der Waals surface area (Å²) in [5.74, 6) is 0.863. The number of nitrogens with one attached hydrogen (secondary N) is 2.